The Labute approximate surface area is 101 Å². The number of hydrazine groups is 1. The van der Waals surface area contributed by atoms with Gasteiger partial charge in [0.25, 0.3) is 0 Å². The largest absolute Gasteiger partial charge is 0.271 e. The zero-order valence-electron chi connectivity index (χ0n) is 9.35. The summed E-state index contributed by atoms with van der Waals surface area (Å²) in [4.78, 5) is 0. The third kappa shape index (κ3) is 4.21. The van der Waals surface area contributed by atoms with Crippen molar-refractivity contribution in [1.82, 2.24) is 5.43 Å². The molecular weight excluding hydrogens is 244 g/mol. The number of sulfone groups is 1. The first kappa shape index (κ1) is 13.6. The second-order valence-corrected chi connectivity index (χ2v) is 6.91. The van der Waals surface area contributed by atoms with Gasteiger partial charge in [-0.05, 0) is 35.2 Å². The van der Waals surface area contributed by atoms with Gasteiger partial charge >= 0.3 is 0 Å². The molecule has 0 saturated heterocycles. The van der Waals surface area contributed by atoms with Crippen LogP contribution in [0, 0.1) is 0 Å². The van der Waals surface area contributed by atoms with E-state index in [0.717, 1.165) is 12.0 Å². The third-order valence-electron chi connectivity index (χ3n) is 2.53. The molecule has 3 N–H and O–H groups in total. The Bertz CT molecular complexity index is 387. The zero-order valence-corrected chi connectivity index (χ0v) is 11.0. The number of nitrogens with one attached hydrogen (secondary N) is 1. The van der Waals surface area contributed by atoms with Gasteiger partial charge < -0.3 is 0 Å². The number of nitrogens with two attached hydrogens (primary N) is 1. The van der Waals surface area contributed by atoms with E-state index in [-0.39, 0.29) is 17.5 Å². The lowest BCUT2D eigenvalue weighted by Crippen LogP contribution is -2.28. The summed E-state index contributed by atoms with van der Waals surface area (Å²) in [5.74, 6) is 5.91. The molecule has 16 heavy (non-hydrogen) atoms. The second kappa shape index (κ2) is 6.34. The van der Waals surface area contributed by atoms with Crippen LogP contribution in [0.4, 0.5) is 0 Å². The predicted molar refractivity (Wildman–Crippen MR) is 67.9 cm³/mol. The van der Waals surface area contributed by atoms with Gasteiger partial charge in [-0.25, -0.2) is 8.42 Å². The van der Waals surface area contributed by atoms with Crippen LogP contribution in [-0.2, 0) is 9.84 Å². The Morgan fingerprint density at radius 3 is 2.81 bits per heavy atom. The van der Waals surface area contributed by atoms with Crippen molar-refractivity contribution in [2.45, 2.75) is 25.8 Å². The van der Waals surface area contributed by atoms with Gasteiger partial charge in [0.2, 0.25) is 0 Å². The van der Waals surface area contributed by atoms with Crippen LogP contribution in [-0.4, -0.2) is 19.9 Å². The molecule has 0 aliphatic rings. The SMILES string of the molecule is CCS(=O)(=O)CCCC(NN)c1ccsc1. The Morgan fingerprint density at radius 1 is 1.56 bits per heavy atom. The summed E-state index contributed by atoms with van der Waals surface area (Å²) in [6.07, 6.45) is 1.38. The van der Waals surface area contributed by atoms with Gasteiger partial charge in [0, 0.05) is 11.8 Å². The van der Waals surface area contributed by atoms with Crippen molar-refractivity contribution < 1.29 is 8.42 Å². The molecule has 1 heterocycles. The Hall–Kier alpha value is -0.430. The van der Waals surface area contributed by atoms with Gasteiger partial charge in [-0.15, -0.1) is 0 Å². The number of hydrogen-bond acceptors (Lipinski definition) is 5. The van der Waals surface area contributed by atoms with Crippen LogP contribution >= 0.6 is 11.3 Å². The van der Waals surface area contributed by atoms with Crippen LogP contribution in [0.5, 0.6) is 0 Å². The standard InChI is InChI=1S/C10H18N2O2S2/c1-2-16(13,14)7-3-4-10(12-11)9-5-6-15-8-9/h5-6,8,10,12H,2-4,7,11H2,1H3. The van der Waals surface area contributed by atoms with Crippen molar-refractivity contribution >= 4 is 21.2 Å². The maximum absolute atomic E-state index is 11.3. The van der Waals surface area contributed by atoms with Gasteiger partial charge in [0.05, 0.1) is 5.75 Å². The molecule has 1 aromatic rings. The van der Waals surface area contributed by atoms with Crippen LogP contribution < -0.4 is 11.3 Å². The summed E-state index contributed by atoms with van der Waals surface area (Å²) in [7, 11) is -2.86. The highest BCUT2D eigenvalue weighted by molar-refractivity contribution is 7.91. The fraction of sp³-hybridized carbons (Fsp3) is 0.600. The summed E-state index contributed by atoms with van der Waals surface area (Å²) >= 11 is 1.61. The Morgan fingerprint density at radius 2 is 2.31 bits per heavy atom. The first-order valence-corrected chi connectivity index (χ1v) is 8.04. The average Bonchev–Trinajstić information content (AvgIpc) is 2.78. The molecule has 1 rings (SSSR count). The van der Waals surface area contributed by atoms with Gasteiger partial charge in [-0.3, -0.25) is 11.3 Å². The molecule has 0 aliphatic carbocycles. The minimum Gasteiger partial charge on any atom is -0.271 e. The maximum atomic E-state index is 11.3. The molecule has 0 amide bonds. The van der Waals surface area contributed by atoms with Crippen LogP contribution in [0.15, 0.2) is 16.8 Å². The predicted octanol–water partition coefficient (Wildman–Crippen LogP) is 1.47. The molecule has 0 bridgehead atoms. The third-order valence-corrected chi connectivity index (χ3v) is 5.03. The molecule has 0 aromatic carbocycles. The molecule has 0 saturated carbocycles. The Kier molecular flexibility index (Phi) is 5.40. The highest BCUT2D eigenvalue weighted by atomic mass is 32.2. The van der Waals surface area contributed by atoms with Gasteiger partial charge in [0.15, 0.2) is 0 Å². The monoisotopic (exact) mass is 262 g/mol. The van der Waals surface area contributed by atoms with Crippen molar-refractivity contribution in [2.75, 3.05) is 11.5 Å². The van der Waals surface area contributed by atoms with E-state index in [1.165, 1.54) is 0 Å². The molecule has 4 nitrogen and oxygen atoms in total. The average molecular weight is 262 g/mol. The second-order valence-electron chi connectivity index (χ2n) is 3.65. The van der Waals surface area contributed by atoms with E-state index < -0.39 is 9.84 Å². The fourth-order valence-electron chi connectivity index (χ4n) is 1.47. The summed E-state index contributed by atoms with van der Waals surface area (Å²) in [5.41, 5.74) is 3.85. The normalized spacial score (nSPS) is 13.9. The van der Waals surface area contributed by atoms with E-state index in [2.05, 4.69) is 5.43 Å². The summed E-state index contributed by atoms with van der Waals surface area (Å²) in [6.45, 7) is 1.67. The van der Waals surface area contributed by atoms with Gasteiger partial charge in [-0.2, -0.15) is 11.3 Å². The lowest BCUT2D eigenvalue weighted by atomic mass is 10.1. The molecule has 0 radical (unpaired) electrons. The van der Waals surface area contributed by atoms with Crippen molar-refractivity contribution in [3.8, 4) is 0 Å². The molecule has 0 fully saturated rings. The molecule has 92 valence electrons. The van der Waals surface area contributed by atoms with Crippen molar-refractivity contribution in [2.24, 2.45) is 5.84 Å². The molecule has 1 aromatic heterocycles. The quantitative estimate of drug-likeness (QED) is 0.576. The van der Waals surface area contributed by atoms with Crippen LogP contribution in [0.3, 0.4) is 0 Å². The highest BCUT2D eigenvalue weighted by Crippen LogP contribution is 2.20. The number of thiophene rings is 1. The van der Waals surface area contributed by atoms with E-state index in [4.69, 9.17) is 5.84 Å². The van der Waals surface area contributed by atoms with Crippen molar-refractivity contribution in [3.63, 3.8) is 0 Å². The summed E-state index contributed by atoms with van der Waals surface area (Å²) in [6, 6.07) is 2.06. The lowest BCUT2D eigenvalue weighted by Gasteiger charge is -2.14. The van der Waals surface area contributed by atoms with Gasteiger partial charge in [-0.1, -0.05) is 6.92 Å². The van der Waals surface area contributed by atoms with E-state index in [1.807, 2.05) is 16.8 Å². The van der Waals surface area contributed by atoms with Crippen molar-refractivity contribution in [3.05, 3.63) is 22.4 Å². The smallest absolute Gasteiger partial charge is 0.150 e. The van der Waals surface area contributed by atoms with Crippen LogP contribution in [0.2, 0.25) is 0 Å². The molecular formula is C10H18N2O2S2. The highest BCUT2D eigenvalue weighted by Gasteiger charge is 2.12. The topological polar surface area (TPSA) is 72.2 Å². The zero-order chi connectivity index (χ0) is 12.0. The first-order valence-electron chi connectivity index (χ1n) is 5.27. The minimum atomic E-state index is -2.86. The van der Waals surface area contributed by atoms with Crippen molar-refractivity contribution in [1.29, 1.82) is 0 Å². The van der Waals surface area contributed by atoms with Gasteiger partial charge in [0.1, 0.15) is 9.84 Å². The van der Waals surface area contributed by atoms with E-state index in [1.54, 1.807) is 18.3 Å². The molecule has 0 spiro atoms. The van der Waals surface area contributed by atoms with Crippen LogP contribution in [0.1, 0.15) is 31.4 Å². The number of rotatable bonds is 7. The van der Waals surface area contributed by atoms with E-state index >= 15 is 0 Å². The van der Waals surface area contributed by atoms with Crippen LogP contribution in [0.25, 0.3) is 0 Å². The maximum Gasteiger partial charge on any atom is 0.150 e. The molecule has 0 aliphatic heterocycles. The minimum absolute atomic E-state index is 0.0540. The summed E-state index contributed by atoms with van der Waals surface area (Å²) < 4.78 is 22.6. The molecule has 6 heteroatoms. The molecule has 1 atom stereocenters. The lowest BCUT2D eigenvalue weighted by molar-refractivity contribution is 0.508. The van der Waals surface area contributed by atoms with E-state index in [0.29, 0.717) is 6.42 Å². The summed E-state index contributed by atoms with van der Waals surface area (Å²) in [5, 5.41) is 4.02. The Balaban J connectivity index is 2.42. The van der Waals surface area contributed by atoms with E-state index in [9.17, 15) is 8.42 Å². The fourth-order valence-corrected chi connectivity index (χ4v) is 3.08. The molecule has 1 unspecified atom stereocenters. The number of hydrogen-bond donors (Lipinski definition) is 2. The first-order chi connectivity index (χ1) is 7.59.